The highest BCUT2D eigenvalue weighted by atomic mass is 16.6. The number of pyridine rings is 2. The van der Waals surface area contributed by atoms with Gasteiger partial charge in [-0.1, -0.05) is 25.1 Å². The first-order valence-electron chi connectivity index (χ1n) is 12.8. The average molecular weight is 490 g/mol. The number of ether oxygens (including phenoxy) is 1. The van der Waals surface area contributed by atoms with E-state index in [1.54, 1.807) is 17.6 Å². The summed E-state index contributed by atoms with van der Waals surface area (Å²) in [6.07, 6.45) is 0.951. The minimum Gasteiger partial charge on any atom is -0.458 e. The number of rotatable bonds is 5. The smallest absolute Gasteiger partial charge is 0.343 e. The Labute approximate surface area is 211 Å². The van der Waals surface area contributed by atoms with E-state index in [9.17, 15) is 14.7 Å². The lowest BCUT2D eigenvalue weighted by Gasteiger charge is -2.39. The molecule has 0 bridgehead atoms. The first kappa shape index (κ1) is 24.7. The predicted molar refractivity (Wildman–Crippen MR) is 140 cm³/mol. The van der Waals surface area contributed by atoms with Crippen LogP contribution in [0.3, 0.4) is 0 Å². The van der Waals surface area contributed by atoms with Crippen LogP contribution in [0.5, 0.6) is 0 Å². The van der Waals surface area contributed by atoms with E-state index in [-0.39, 0.29) is 24.1 Å². The molecule has 7 heteroatoms. The molecule has 1 atom stereocenters. The summed E-state index contributed by atoms with van der Waals surface area (Å²) in [5.41, 5.74) is 3.19. The second kappa shape index (κ2) is 8.53. The molecule has 0 saturated carbocycles. The van der Waals surface area contributed by atoms with Crippen LogP contribution in [0.4, 0.5) is 0 Å². The van der Waals surface area contributed by atoms with Gasteiger partial charge in [-0.15, -0.1) is 0 Å². The summed E-state index contributed by atoms with van der Waals surface area (Å²) in [6, 6.07) is 10.3. The maximum absolute atomic E-state index is 13.6. The second-order valence-corrected chi connectivity index (χ2v) is 11.2. The van der Waals surface area contributed by atoms with Crippen LogP contribution >= 0.6 is 0 Å². The number of carbonyl (C=O) groups is 1. The van der Waals surface area contributed by atoms with Crippen molar-refractivity contribution in [3.63, 3.8) is 0 Å². The van der Waals surface area contributed by atoms with Gasteiger partial charge in [0.1, 0.15) is 6.61 Å². The van der Waals surface area contributed by atoms with Crippen LogP contribution in [0.1, 0.15) is 70.2 Å². The summed E-state index contributed by atoms with van der Waals surface area (Å²) >= 11 is 0. The Morgan fingerprint density at radius 2 is 1.92 bits per heavy atom. The van der Waals surface area contributed by atoms with Crippen LogP contribution in [0.15, 0.2) is 35.1 Å². The quantitative estimate of drug-likeness (QED) is 0.425. The van der Waals surface area contributed by atoms with Crippen molar-refractivity contribution < 1.29 is 14.6 Å². The van der Waals surface area contributed by atoms with Crippen molar-refractivity contribution in [1.29, 1.82) is 0 Å². The van der Waals surface area contributed by atoms with Crippen molar-refractivity contribution in [2.45, 2.75) is 84.7 Å². The van der Waals surface area contributed by atoms with Crippen LogP contribution in [0.25, 0.3) is 22.3 Å². The van der Waals surface area contributed by atoms with Crippen LogP contribution in [-0.4, -0.2) is 43.7 Å². The van der Waals surface area contributed by atoms with E-state index in [1.807, 2.05) is 18.2 Å². The lowest BCUT2D eigenvalue weighted by atomic mass is 9.86. The van der Waals surface area contributed by atoms with Gasteiger partial charge in [-0.2, -0.15) is 0 Å². The molecule has 2 aromatic heterocycles. The topological polar surface area (TPSA) is 84.7 Å². The second-order valence-electron chi connectivity index (χ2n) is 11.2. The average Bonchev–Trinajstić information content (AvgIpc) is 3.19. The number of para-hydroxylation sites is 1. The molecule has 5 rings (SSSR count). The predicted octanol–water partition coefficient (Wildman–Crippen LogP) is 4.13. The molecular weight excluding hydrogens is 454 g/mol. The fraction of sp³-hybridized carbons (Fsp3) is 0.483. The van der Waals surface area contributed by atoms with Gasteiger partial charge in [0, 0.05) is 34.6 Å². The highest BCUT2D eigenvalue weighted by molar-refractivity contribution is 5.89. The molecule has 190 valence electrons. The molecule has 0 saturated heterocycles. The number of aromatic nitrogens is 2. The summed E-state index contributed by atoms with van der Waals surface area (Å²) in [6.45, 7) is 14.0. The van der Waals surface area contributed by atoms with Crippen LogP contribution in [0.2, 0.25) is 0 Å². The number of fused-ring (bicyclic) bond motifs is 5. The number of hydrogen-bond acceptors (Lipinski definition) is 6. The largest absolute Gasteiger partial charge is 0.458 e. The molecule has 0 radical (unpaired) electrons. The molecule has 2 aliphatic rings. The molecule has 3 aromatic rings. The van der Waals surface area contributed by atoms with Gasteiger partial charge in [0.15, 0.2) is 5.60 Å². The van der Waals surface area contributed by atoms with Crippen molar-refractivity contribution >= 4 is 16.9 Å². The number of hydrogen-bond donors (Lipinski definition) is 1. The van der Waals surface area contributed by atoms with Gasteiger partial charge in [-0.25, -0.2) is 9.78 Å². The van der Waals surface area contributed by atoms with Crippen LogP contribution in [0, 0.1) is 0 Å². The van der Waals surface area contributed by atoms with Crippen molar-refractivity contribution in [3.8, 4) is 11.4 Å². The lowest BCUT2D eigenvalue weighted by Crippen LogP contribution is -2.46. The minimum atomic E-state index is -1.82. The van der Waals surface area contributed by atoms with Gasteiger partial charge < -0.3 is 14.4 Å². The van der Waals surface area contributed by atoms with Gasteiger partial charge in [0.05, 0.1) is 29.0 Å². The van der Waals surface area contributed by atoms with E-state index in [4.69, 9.17) is 9.72 Å². The Morgan fingerprint density at radius 3 is 2.58 bits per heavy atom. The number of carbonyl (C=O) groups excluding carboxylic acids is 1. The van der Waals surface area contributed by atoms with Crippen LogP contribution < -0.4 is 5.56 Å². The Balaban J connectivity index is 1.69. The van der Waals surface area contributed by atoms with Gasteiger partial charge in [-0.3, -0.25) is 9.69 Å². The molecule has 2 aliphatic heterocycles. The van der Waals surface area contributed by atoms with E-state index in [0.29, 0.717) is 29.4 Å². The van der Waals surface area contributed by atoms with Gasteiger partial charge in [0.25, 0.3) is 5.56 Å². The summed E-state index contributed by atoms with van der Waals surface area (Å²) in [7, 11) is 0. The third-order valence-electron chi connectivity index (χ3n) is 7.80. The molecule has 0 aliphatic carbocycles. The first-order valence-corrected chi connectivity index (χ1v) is 12.8. The SMILES string of the molecule is CC[C@@]1(O)C(=O)OCc2c1cc1n(c2=O)Cc2c-1nc1ccccc1c2CCN(C(C)C)C(C)(C)C. The maximum Gasteiger partial charge on any atom is 0.343 e. The zero-order valence-electron chi connectivity index (χ0n) is 22.0. The fourth-order valence-electron chi connectivity index (χ4n) is 6.00. The fourth-order valence-corrected chi connectivity index (χ4v) is 6.00. The molecular formula is C29H35N3O4. The third kappa shape index (κ3) is 3.68. The van der Waals surface area contributed by atoms with E-state index in [0.717, 1.165) is 35.1 Å². The number of nitrogens with zero attached hydrogens (tertiary/aromatic N) is 3. The highest BCUT2D eigenvalue weighted by Gasteiger charge is 2.45. The zero-order valence-corrected chi connectivity index (χ0v) is 22.0. The van der Waals surface area contributed by atoms with E-state index in [2.05, 4.69) is 45.6 Å². The molecule has 0 unspecified atom stereocenters. The summed E-state index contributed by atoms with van der Waals surface area (Å²) < 4.78 is 6.93. The zero-order chi connectivity index (χ0) is 26.0. The molecule has 0 fully saturated rings. The van der Waals surface area contributed by atoms with E-state index < -0.39 is 11.6 Å². The third-order valence-corrected chi connectivity index (χ3v) is 7.80. The van der Waals surface area contributed by atoms with Gasteiger partial charge in [-0.05, 0) is 65.2 Å². The molecule has 4 heterocycles. The van der Waals surface area contributed by atoms with Crippen molar-refractivity contribution in [2.75, 3.05) is 6.54 Å². The summed E-state index contributed by atoms with van der Waals surface area (Å²) in [5, 5.41) is 12.3. The van der Waals surface area contributed by atoms with E-state index >= 15 is 0 Å². The molecule has 1 aromatic carbocycles. The van der Waals surface area contributed by atoms with Crippen molar-refractivity contribution in [3.05, 3.63) is 62.9 Å². The summed E-state index contributed by atoms with van der Waals surface area (Å²) in [5.74, 6) is -0.705. The van der Waals surface area contributed by atoms with E-state index in [1.165, 1.54) is 5.56 Å². The Hall–Kier alpha value is -3.03. The molecule has 0 spiro atoms. The van der Waals surface area contributed by atoms with Crippen molar-refractivity contribution in [1.82, 2.24) is 14.5 Å². The molecule has 7 nitrogen and oxygen atoms in total. The monoisotopic (exact) mass is 489 g/mol. The number of cyclic esters (lactones) is 1. The lowest BCUT2D eigenvalue weighted by molar-refractivity contribution is -0.172. The van der Waals surface area contributed by atoms with Crippen LogP contribution in [-0.2, 0) is 34.7 Å². The Bertz CT molecular complexity index is 1430. The standard InChI is InChI=1S/C29H35N3O4/c1-7-29(35)22-14-24-25-20(15-31(24)26(33)21(22)16-36-27(29)34)18(19-10-8-9-11-23(19)30-25)12-13-32(17(2)3)28(4,5)6/h8-11,14,17,35H,7,12-13,15-16H2,1-6H3/t29-/m0/s1. The van der Waals surface area contributed by atoms with Gasteiger partial charge in [0.2, 0.25) is 0 Å². The summed E-state index contributed by atoms with van der Waals surface area (Å²) in [4.78, 5) is 33.6. The number of benzene rings is 1. The minimum absolute atomic E-state index is 0.0241. The molecule has 0 amide bonds. The van der Waals surface area contributed by atoms with Crippen molar-refractivity contribution in [2.24, 2.45) is 0 Å². The molecule has 1 N–H and O–H groups in total. The normalized spacial score (nSPS) is 19.0. The Morgan fingerprint density at radius 1 is 1.19 bits per heavy atom. The number of aliphatic hydroxyl groups is 1. The van der Waals surface area contributed by atoms with Gasteiger partial charge >= 0.3 is 5.97 Å². The number of esters is 1. The maximum atomic E-state index is 13.6. The highest BCUT2D eigenvalue weighted by Crippen LogP contribution is 2.40. The molecule has 36 heavy (non-hydrogen) atoms. The first-order chi connectivity index (χ1) is 17.0. The Kier molecular flexibility index (Phi) is 5.84.